The number of H-pyrrole nitrogens is 2. The molecule has 5 aromatic heterocycles. The number of aryl methyl sites for hydroxylation is 2. The number of nitrogens with one attached hydrogen (secondary N) is 2. The van der Waals surface area contributed by atoms with Crippen LogP contribution in [0.15, 0.2) is 63.2 Å². The molecule has 1 amide bonds. The molecule has 2 aliphatic heterocycles. The molecule has 7 heterocycles. The van der Waals surface area contributed by atoms with Gasteiger partial charge in [0.2, 0.25) is 0 Å². The van der Waals surface area contributed by atoms with Gasteiger partial charge in [0, 0.05) is 49.1 Å². The van der Waals surface area contributed by atoms with Gasteiger partial charge in [0.25, 0.3) is 5.91 Å². The lowest BCUT2D eigenvalue weighted by Crippen LogP contribution is -2.42. The first-order chi connectivity index (χ1) is 25.3. The van der Waals surface area contributed by atoms with Crippen LogP contribution in [0.3, 0.4) is 0 Å². The predicted molar refractivity (Wildman–Crippen MR) is 193 cm³/mol. The van der Waals surface area contributed by atoms with Crippen LogP contribution in [0.25, 0.3) is 22.5 Å². The van der Waals surface area contributed by atoms with Gasteiger partial charge in [0.05, 0.1) is 40.4 Å². The molecule has 0 radical (unpaired) electrons. The Hall–Kier alpha value is -5.50. The predicted octanol–water partition coefficient (Wildman–Crippen LogP) is 5.68. The van der Waals surface area contributed by atoms with Crippen LogP contribution in [0.4, 0.5) is 4.39 Å². The third kappa shape index (κ3) is 5.24. The third-order valence-corrected chi connectivity index (χ3v) is 11.6. The number of aromatic amines is 2. The molecule has 1 aliphatic carbocycles. The van der Waals surface area contributed by atoms with Crippen LogP contribution in [0.1, 0.15) is 103 Å². The first kappa shape index (κ1) is 33.3. The minimum absolute atomic E-state index is 0.183. The van der Waals surface area contributed by atoms with E-state index in [1.807, 2.05) is 27.1 Å². The zero-order valence-electron chi connectivity index (χ0n) is 30.3. The van der Waals surface area contributed by atoms with E-state index in [4.69, 9.17) is 14.4 Å². The summed E-state index contributed by atoms with van der Waals surface area (Å²) in [6.45, 7) is 11.0. The number of imidazole rings is 1. The highest BCUT2D eigenvalue weighted by atomic mass is 19.1. The Morgan fingerprint density at radius 3 is 2.51 bits per heavy atom. The van der Waals surface area contributed by atoms with E-state index in [0.717, 1.165) is 23.9 Å². The molecule has 53 heavy (non-hydrogen) atoms. The molecular formula is C39H41FN8O5. The number of rotatable bonds is 6. The molecule has 1 aromatic carbocycles. The summed E-state index contributed by atoms with van der Waals surface area (Å²) in [6, 6.07) is 7.19. The van der Waals surface area contributed by atoms with Crippen molar-refractivity contribution in [2.75, 3.05) is 13.2 Å². The number of hydrogen-bond acceptors (Lipinski definition) is 7. The Bertz CT molecular complexity index is 2540. The van der Waals surface area contributed by atoms with Crippen molar-refractivity contribution < 1.29 is 18.4 Å². The summed E-state index contributed by atoms with van der Waals surface area (Å²) in [5.41, 5.74) is 5.47. The standard InChI is InChI=1S/C39H41FN8O5/c1-21-16-26(17-22(2)30(21)40)31-33(47-12-11-41-36(47)50)32-23(3)46(13-14-48(32)43-31)34(49)27-20-45-19-25(24-8-15-52-38(4,5)18-24)6-7-28(45)29(27)39(9-10-39)35-42-37(51)53-44-35/h6-7,11-12,16-17,19-20,23-24H,8-10,13-15,18H2,1-5H3,(H,41,50)(H,42,44,51)/t23-,24-/m0/s1. The zero-order chi connectivity index (χ0) is 37.0. The highest BCUT2D eigenvalue weighted by Gasteiger charge is 2.53. The SMILES string of the molecule is Cc1cc(-c2nn3c(c2-n2cc[nH]c2=O)[C@H](C)N(C(=O)c2cn4cc([C@H]5CCOC(C)(C)C5)ccc4c2C2(c4noc(=O)[nH]4)CC2)CC3)cc(C)c1F. The summed E-state index contributed by atoms with van der Waals surface area (Å²) in [4.78, 5) is 47.8. The second-order valence-electron chi connectivity index (χ2n) is 15.5. The average molecular weight is 721 g/mol. The highest BCUT2D eigenvalue weighted by molar-refractivity contribution is 5.99. The summed E-state index contributed by atoms with van der Waals surface area (Å²) < 4.78 is 31.1. The van der Waals surface area contributed by atoms with Gasteiger partial charge in [-0.25, -0.2) is 14.0 Å². The Morgan fingerprint density at radius 1 is 1.08 bits per heavy atom. The quantitative estimate of drug-likeness (QED) is 0.225. The molecule has 274 valence electrons. The van der Waals surface area contributed by atoms with Crippen LogP contribution in [-0.4, -0.2) is 63.4 Å². The van der Waals surface area contributed by atoms with Crippen molar-refractivity contribution in [3.63, 3.8) is 0 Å². The van der Waals surface area contributed by atoms with E-state index in [1.54, 1.807) is 38.4 Å². The van der Waals surface area contributed by atoms with Crippen LogP contribution < -0.4 is 11.4 Å². The van der Waals surface area contributed by atoms with Gasteiger partial charge in [-0.05, 0) is 101 Å². The second kappa shape index (κ2) is 11.8. The van der Waals surface area contributed by atoms with E-state index in [2.05, 4.69) is 47.3 Å². The van der Waals surface area contributed by atoms with E-state index >= 15 is 4.79 Å². The Balaban J connectivity index is 1.17. The third-order valence-electron chi connectivity index (χ3n) is 11.6. The van der Waals surface area contributed by atoms with Gasteiger partial charge < -0.3 is 19.0 Å². The normalized spacial score (nSPS) is 20.5. The monoisotopic (exact) mass is 720 g/mol. The number of carbonyl (C=O) groups excluding carboxylic acids is 1. The van der Waals surface area contributed by atoms with Gasteiger partial charge >= 0.3 is 11.4 Å². The summed E-state index contributed by atoms with van der Waals surface area (Å²) in [5.74, 6) is -0.397. The van der Waals surface area contributed by atoms with Crippen molar-refractivity contribution >= 4 is 11.4 Å². The lowest BCUT2D eigenvalue weighted by molar-refractivity contribution is -0.0593. The molecule has 9 rings (SSSR count). The van der Waals surface area contributed by atoms with E-state index in [1.165, 1.54) is 10.1 Å². The first-order valence-electron chi connectivity index (χ1n) is 18.2. The van der Waals surface area contributed by atoms with Crippen molar-refractivity contribution in [1.82, 2.24) is 38.8 Å². The Labute approximate surface area is 303 Å². The van der Waals surface area contributed by atoms with Gasteiger partial charge in [0.15, 0.2) is 5.82 Å². The molecule has 2 atom stereocenters. The maximum absolute atomic E-state index is 15.1. The summed E-state index contributed by atoms with van der Waals surface area (Å²) >= 11 is 0. The lowest BCUT2D eigenvalue weighted by atomic mass is 9.84. The average Bonchev–Trinajstić information content (AvgIpc) is 3.45. The molecule has 0 unspecified atom stereocenters. The summed E-state index contributed by atoms with van der Waals surface area (Å²) in [7, 11) is 0. The Kier molecular flexibility index (Phi) is 7.39. The maximum Gasteiger partial charge on any atom is 0.438 e. The molecule has 13 nitrogen and oxygen atoms in total. The van der Waals surface area contributed by atoms with Crippen molar-refractivity contribution in [2.24, 2.45) is 0 Å². The maximum atomic E-state index is 15.1. The fourth-order valence-electron chi connectivity index (χ4n) is 8.82. The van der Waals surface area contributed by atoms with E-state index in [0.29, 0.717) is 83.6 Å². The van der Waals surface area contributed by atoms with Crippen molar-refractivity contribution in [2.45, 2.75) is 89.8 Å². The number of aromatic nitrogens is 7. The molecular weight excluding hydrogens is 679 g/mol. The zero-order valence-corrected chi connectivity index (χ0v) is 30.3. The van der Waals surface area contributed by atoms with Crippen molar-refractivity contribution in [1.29, 1.82) is 0 Å². The smallest absolute Gasteiger partial charge is 0.376 e. The van der Waals surface area contributed by atoms with E-state index in [-0.39, 0.29) is 23.0 Å². The number of ether oxygens (including phenoxy) is 1. The molecule has 6 aromatic rings. The van der Waals surface area contributed by atoms with Gasteiger partial charge in [-0.2, -0.15) is 5.10 Å². The molecule has 2 N–H and O–H groups in total. The molecule has 0 bridgehead atoms. The van der Waals surface area contributed by atoms with Crippen LogP contribution in [0.2, 0.25) is 0 Å². The van der Waals surface area contributed by atoms with Crippen molar-refractivity contribution in [3.05, 3.63) is 115 Å². The van der Waals surface area contributed by atoms with E-state index < -0.39 is 17.2 Å². The minimum Gasteiger partial charge on any atom is -0.376 e. The molecule has 14 heteroatoms. The van der Waals surface area contributed by atoms with Crippen LogP contribution in [0.5, 0.6) is 0 Å². The van der Waals surface area contributed by atoms with E-state index in [9.17, 15) is 14.0 Å². The number of fused-ring (bicyclic) bond motifs is 2. The molecule has 0 spiro atoms. The van der Waals surface area contributed by atoms with Crippen LogP contribution in [-0.2, 0) is 16.7 Å². The number of nitrogens with zero attached hydrogens (tertiary/aromatic N) is 6. The topological polar surface area (TPSA) is 148 Å². The lowest BCUT2D eigenvalue weighted by Gasteiger charge is -2.35. The number of carbonyl (C=O) groups is 1. The van der Waals surface area contributed by atoms with Gasteiger partial charge in [-0.1, -0.05) is 11.2 Å². The molecule has 1 saturated carbocycles. The minimum atomic E-state index is -0.691. The largest absolute Gasteiger partial charge is 0.438 e. The summed E-state index contributed by atoms with van der Waals surface area (Å²) in [6.07, 6.45) is 10.4. The number of hydrogen-bond donors (Lipinski definition) is 2. The van der Waals surface area contributed by atoms with Gasteiger partial charge in [0.1, 0.15) is 17.2 Å². The van der Waals surface area contributed by atoms with Gasteiger partial charge in [-0.15, -0.1) is 0 Å². The molecule has 3 aliphatic rings. The number of halogens is 1. The number of pyridine rings is 1. The fourth-order valence-corrected chi connectivity index (χ4v) is 8.82. The van der Waals surface area contributed by atoms with Crippen LogP contribution in [0, 0.1) is 19.7 Å². The second-order valence-corrected chi connectivity index (χ2v) is 15.5. The Morgan fingerprint density at radius 2 is 1.85 bits per heavy atom. The number of amides is 1. The first-order valence-corrected chi connectivity index (χ1v) is 18.2. The van der Waals surface area contributed by atoms with Crippen LogP contribution >= 0.6 is 0 Å². The molecule has 2 fully saturated rings. The summed E-state index contributed by atoms with van der Waals surface area (Å²) in [5, 5.41) is 9.09. The van der Waals surface area contributed by atoms with Crippen molar-refractivity contribution in [3.8, 4) is 16.9 Å². The fraction of sp³-hybridized carbons (Fsp3) is 0.410. The number of benzene rings is 1. The molecule has 1 saturated heterocycles. The van der Waals surface area contributed by atoms with Gasteiger partial charge in [-0.3, -0.25) is 23.6 Å². The highest BCUT2D eigenvalue weighted by Crippen LogP contribution is 2.55.